The molecule has 0 amide bonds. The van der Waals surface area contributed by atoms with Crippen molar-refractivity contribution in [3.05, 3.63) is 0 Å². The molecule has 0 spiro atoms. The normalized spacial score (nSPS) is 15.9. The summed E-state index contributed by atoms with van der Waals surface area (Å²) in [7, 11) is 1.78. The molecule has 17 heavy (non-hydrogen) atoms. The molecule has 0 aliphatic heterocycles. The molecule has 2 nitrogen and oxygen atoms in total. The summed E-state index contributed by atoms with van der Waals surface area (Å²) in [6, 6.07) is 0.673. The molecule has 0 heterocycles. The smallest absolute Gasteiger partial charge is 0.0467 e. The summed E-state index contributed by atoms with van der Waals surface area (Å²) in [4.78, 5) is 0. The van der Waals surface area contributed by atoms with Gasteiger partial charge < -0.3 is 10.1 Å². The van der Waals surface area contributed by atoms with Crippen molar-refractivity contribution >= 4 is 0 Å². The zero-order chi connectivity index (χ0) is 13.3. The van der Waals surface area contributed by atoms with Crippen molar-refractivity contribution in [2.75, 3.05) is 20.3 Å². The van der Waals surface area contributed by atoms with Crippen molar-refractivity contribution in [3.8, 4) is 0 Å². The lowest BCUT2D eigenvalue weighted by atomic mass is 9.88. The topological polar surface area (TPSA) is 21.3 Å². The van der Waals surface area contributed by atoms with Crippen molar-refractivity contribution in [1.29, 1.82) is 0 Å². The summed E-state index contributed by atoms with van der Waals surface area (Å²) >= 11 is 0. The molecule has 0 fully saturated rings. The second-order valence-corrected chi connectivity index (χ2v) is 6.14. The van der Waals surface area contributed by atoms with Crippen LogP contribution in [0.15, 0.2) is 0 Å². The molecule has 0 radical (unpaired) electrons. The van der Waals surface area contributed by atoms with Crippen LogP contribution < -0.4 is 5.32 Å². The maximum absolute atomic E-state index is 5.17. The van der Waals surface area contributed by atoms with Crippen LogP contribution in [-0.4, -0.2) is 26.3 Å². The van der Waals surface area contributed by atoms with Gasteiger partial charge in [-0.25, -0.2) is 0 Å². The minimum absolute atomic E-state index is 0.332. The van der Waals surface area contributed by atoms with E-state index < -0.39 is 0 Å². The largest absolute Gasteiger partial charge is 0.385 e. The third-order valence-electron chi connectivity index (χ3n) is 3.73. The van der Waals surface area contributed by atoms with E-state index >= 15 is 0 Å². The maximum Gasteiger partial charge on any atom is 0.0467 e. The Morgan fingerprint density at radius 3 is 2.29 bits per heavy atom. The van der Waals surface area contributed by atoms with Crippen LogP contribution in [0.3, 0.4) is 0 Å². The number of methoxy groups -OCH3 is 1. The zero-order valence-electron chi connectivity index (χ0n) is 12.8. The van der Waals surface area contributed by atoms with E-state index in [1.165, 1.54) is 19.3 Å². The van der Waals surface area contributed by atoms with Crippen LogP contribution in [-0.2, 0) is 4.74 Å². The second kappa shape index (κ2) is 8.93. The SMILES string of the molecule is CCC(C)CC(CC)NCC(C)(C)CCOC. The van der Waals surface area contributed by atoms with E-state index in [-0.39, 0.29) is 0 Å². The Hall–Kier alpha value is -0.0800. The van der Waals surface area contributed by atoms with E-state index in [4.69, 9.17) is 4.74 Å². The molecule has 0 aliphatic rings. The summed E-state index contributed by atoms with van der Waals surface area (Å²) in [6.45, 7) is 13.5. The summed E-state index contributed by atoms with van der Waals surface area (Å²) in [5.74, 6) is 0.828. The summed E-state index contributed by atoms with van der Waals surface area (Å²) in [6.07, 6.45) is 4.93. The first-order chi connectivity index (χ1) is 7.95. The Morgan fingerprint density at radius 1 is 1.18 bits per heavy atom. The molecule has 0 aliphatic carbocycles. The predicted molar refractivity (Wildman–Crippen MR) is 76.4 cm³/mol. The highest BCUT2D eigenvalue weighted by atomic mass is 16.5. The molecule has 1 N–H and O–H groups in total. The van der Waals surface area contributed by atoms with Crippen molar-refractivity contribution in [3.63, 3.8) is 0 Å². The average Bonchev–Trinajstić information content (AvgIpc) is 2.31. The Balaban J connectivity index is 3.95. The average molecular weight is 243 g/mol. The lowest BCUT2D eigenvalue weighted by Gasteiger charge is -2.29. The van der Waals surface area contributed by atoms with Gasteiger partial charge in [0.25, 0.3) is 0 Å². The van der Waals surface area contributed by atoms with Gasteiger partial charge in [0, 0.05) is 26.3 Å². The lowest BCUT2D eigenvalue weighted by molar-refractivity contribution is 0.147. The molecule has 0 rings (SSSR count). The molecular weight excluding hydrogens is 210 g/mol. The van der Waals surface area contributed by atoms with E-state index in [1.54, 1.807) is 7.11 Å². The van der Waals surface area contributed by atoms with Gasteiger partial charge in [0.05, 0.1) is 0 Å². The highest BCUT2D eigenvalue weighted by Gasteiger charge is 2.19. The Labute approximate surface area is 109 Å². The number of hydrogen-bond acceptors (Lipinski definition) is 2. The molecule has 104 valence electrons. The van der Waals surface area contributed by atoms with Crippen molar-refractivity contribution in [2.45, 2.75) is 66.3 Å². The Bertz CT molecular complexity index is 180. The van der Waals surface area contributed by atoms with Crippen LogP contribution >= 0.6 is 0 Å². The highest BCUT2D eigenvalue weighted by molar-refractivity contribution is 4.76. The van der Waals surface area contributed by atoms with Crippen LogP contribution in [0.4, 0.5) is 0 Å². The number of ether oxygens (including phenoxy) is 1. The van der Waals surface area contributed by atoms with Crippen LogP contribution in [0.25, 0.3) is 0 Å². The van der Waals surface area contributed by atoms with Gasteiger partial charge in [-0.15, -0.1) is 0 Å². The van der Waals surface area contributed by atoms with Crippen LogP contribution in [0.1, 0.15) is 60.3 Å². The molecule has 2 unspecified atom stereocenters. The molecule has 2 atom stereocenters. The van der Waals surface area contributed by atoms with Crippen LogP contribution in [0.2, 0.25) is 0 Å². The zero-order valence-corrected chi connectivity index (χ0v) is 12.8. The maximum atomic E-state index is 5.17. The number of nitrogens with one attached hydrogen (secondary N) is 1. The van der Waals surface area contributed by atoms with Gasteiger partial charge in [0.1, 0.15) is 0 Å². The quantitative estimate of drug-likeness (QED) is 0.629. The Morgan fingerprint density at radius 2 is 1.82 bits per heavy atom. The van der Waals surface area contributed by atoms with Gasteiger partial charge in [-0.2, -0.15) is 0 Å². The molecular formula is C15H33NO. The Kier molecular flexibility index (Phi) is 8.89. The molecule has 0 saturated heterocycles. The fourth-order valence-corrected chi connectivity index (χ4v) is 1.93. The van der Waals surface area contributed by atoms with Gasteiger partial charge in [-0.1, -0.05) is 41.0 Å². The molecule has 0 saturated carbocycles. The van der Waals surface area contributed by atoms with E-state index in [1.807, 2.05) is 0 Å². The fraction of sp³-hybridized carbons (Fsp3) is 1.00. The van der Waals surface area contributed by atoms with Crippen LogP contribution in [0.5, 0.6) is 0 Å². The van der Waals surface area contributed by atoms with E-state index in [2.05, 4.69) is 39.9 Å². The second-order valence-electron chi connectivity index (χ2n) is 6.14. The van der Waals surface area contributed by atoms with Gasteiger partial charge in [-0.05, 0) is 30.6 Å². The van der Waals surface area contributed by atoms with Gasteiger partial charge in [-0.3, -0.25) is 0 Å². The van der Waals surface area contributed by atoms with Crippen molar-refractivity contribution in [2.24, 2.45) is 11.3 Å². The third-order valence-corrected chi connectivity index (χ3v) is 3.73. The first kappa shape index (κ1) is 16.9. The van der Waals surface area contributed by atoms with Gasteiger partial charge >= 0.3 is 0 Å². The van der Waals surface area contributed by atoms with Crippen molar-refractivity contribution < 1.29 is 4.74 Å². The minimum atomic E-state index is 0.332. The fourth-order valence-electron chi connectivity index (χ4n) is 1.93. The first-order valence-corrected chi connectivity index (χ1v) is 7.17. The van der Waals surface area contributed by atoms with Crippen molar-refractivity contribution in [1.82, 2.24) is 5.32 Å². The lowest BCUT2D eigenvalue weighted by Crippen LogP contribution is -2.38. The molecule has 0 aromatic rings. The minimum Gasteiger partial charge on any atom is -0.385 e. The summed E-state index contributed by atoms with van der Waals surface area (Å²) < 4.78 is 5.17. The van der Waals surface area contributed by atoms with Crippen LogP contribution in [0, 0.1) is 11.3 Å². The molecule has 0 aromatic heterocycles. The van der Waals surface area contributed by atoms with E-state index in [0.29, 0.717) is 11.5 Å². The van der Waals surface area contributed by atoms with E-state index in [0.717, 1.165) is 25.5 Å². The van der Waals surface area contributed by atoms with Gasteiger partial charge in [0.15, 0.2) is 0 Å². The summed E-state index contributed by atoms with van der Waals surface area (Å²) in [5.41, 5.74) is 0.332. The monoisotopic (exact) mass is 243 g/mol. The standard InChI is InChI=1S/C15H33NO/c1-7-13(3)11-14(8-2)16-12-15(4,5)9-10-17-6/h13-14,16H,7-12H2,1-6H3. The third kappa shape index (κ3) is 8.62. The highest BCUT2D eigenvalue weighted by Crippen LogP contribution is 2.20. The van der Waals surface area contributed by atoms with Gasteiger partial charge in [0.2, 0.25) is 0 Å². The number of rotatable bonds is 10. The predicted octanol–water partition coefficient (Wildman–Crippen LogP) is 3.85. The first-order valence-electron chi connectivity index (χ1n) is 7.17. The number of hydrogen-bond donors (Lipinski definition) is 1. The molecule has 2 heteroatoms. The van der Waals surface area contributed by atoms with E-state index in [9.17, 15) is 0 Å². The summed E-state index contributed by atoms with van der Waals surface area (Å²) in [5, 5.41) is 3.73. The molecule has 0 bridgehead atoms. The molecule has 0 aromatic carbocycles.